The largest absolute Gasteiger partial charge is 0.293 e. The van der Waals surface area contributed by atoms with Crippen LogP contribution in [0.25, 0.3) is 0 Å². The van der Waals surface area contributed by atoms with Gasteiger partial charge < -0.3 is 0 Å². The minimum absolute atomic E-state index is 0.883. The Balaban J connectivity index is 3.13. The number of hydrogen-bond donors (Lipinski definition) is 0. The Kier molecular flexibility index (Phi) is 5.94. The van der Waals surface area contributed by atoms with E-state index in [1.165, 1.54) is 0 Å². The van der Waals surface area contributed by atoms with E-state index >= 15 is 0 Å². The molecule has 0 amide bonds. The molecule has 0 heterocycles. The molecule has 0 saturated carbocycles. The highest BCUT2D eigenvalue weighted by molar-refractivity contribution is 5.70. The van der Waals surface area contributed by atoms with Gasteiger partial charge >= 0.3 is 0 Å². The highest BCUT2D eigenvalue weighted by Crippen LogP contribution is 1.75. The summed E-state index contributed by atoms with van der Waals surface area (Å²) in [6.07, 6.45) is 6.99. The first-order chi connectivity index (χ1) is 3.91. The summed E-state index contributed by atoms with van der Waals surface area (Å²) in [6, 6.07) is 0. The van der Waals surface area contributed by atoms with Gasteiger partial charge in [-0.25, -0.2) is 0 Å². The zero-order valence-corrected chi connectivity index (χ0v) is 5.59. The lowest BCUT2D eigenvalue weighted by Crippen LogP contribution is -1.67. The highest BCUT2D eigenvalue weighted by atomic mass is 14.7. The van der Waals surface area contributed by atoms with Crippen LogP contribution in [0.4, 0.5) is 0 Å². The van der Waals surface area contributed by atoms with Crippen LogP contribution in [0.2, 0.25) is 0 Å². The monoisotopic (exact) mass is 111 g/mol. The molecule has 8 heavy (non-hydrogen) atoms. The molecule has 46 valence electrons. The molecule has 0 aliphatic carbocycles. The lowest BCUT2D eigenvalue weighted by molar-refractivity contribution is 1.14. The van der Waals surface area contributed by atoms with Gasteiger partial charge in [-0.3, -0.25) is 4.99 Å². The Morgan fingerprint density at radius 1 is 1.38 bits per heavy atom. The van der Waals surface area contributed by atoms with E-state index in [2.05, 4.69) is 18.0 Å². The van der Waals surface area contributed by atoms with Gasteiger partial charge in [-0.2, -0.15) is 0 Å². The van der Waals surface area contributed by atoms with Gasteiger partial charge in [0.2, 0.25) is 0 Å². The van der Waals surface area contributed by atoms with E-state index in [4.69, 9.17) is 0 Å². The Hall–Kier alpha value is -0.590. The van der Waals surface area contributed by atoms with Crippen LogP contribution in [0.15, 0.2) is 17.1 Å². The fourth-order valence-corrected chi connectivity index (χ4v) is 0.363. The third-order valence-electron chi connectivity index (χ3n) is 0.746. The molecule has 0 rings (SSSR count). The molecule has 0 aliphatic rings. The first kappa shape index (κ1) is 7.41. The molecule has 0 spiro atoms. The van der Waals surface area contributed by atoms with Crippen molar-refractivity contribution in [2.24, 2.45) is 4.99 Å². The molecule has 0 N–H and O–H groups in total. The Morgan fingerprint density at radius 2 is 2.12 bits per heavy atom. The molecular formula is C7H13N. The van der Waals surface area contributed by atoms with Gasteiger partial charge in [0.15, 0.2) is 0 Å². The van der Waals surface area contributed by atoms with E-state index < -0.39 is 0 Å². The SMILES string of the molecule is CC/C=C\C=NCC. The number of hydrogen-bond acceptors (Lipinski definition) is 1. The van der Waals surface area contributed by atoms with Crippen LogP contribution in [0.1, 0.15) is 20.3 Å². The lowest BCUT2D eigenvalue weighted by Gasteiger charge is -1.75. The van der Waals surface area contributed by atoms with Crippen LogP contribution in [-0.2, 0) is 0 Å². The molecule has 0 aromatic heterocycles. The van der Waals surface area contributed by atoms with Gasteiger partial charge in [0.25, 0.3) is 0 Å². The first-order valence-electron chi connectivity index (χ1n) is 3.06. The summed E-state index contributed by atoms with van der Waals surface area (Å²) in [6.45, 7) is 5.01. The van der Waals surface area contributed by atoms with Crippen molar-refractivity contribution < 1.29 is 0 Å². The van der Waals surface area contributed by atoms with Gasteiger partial charge in [0, 0.05) is 12.8 Å². The third kappa shape index (κ3) is 5.41. The van der Waals surface area contributed by atoms with Gasteiger partial charge in [-0.15, -0.1) is 0 Å². The molecule has 0 aromatic rings. The fourth-order valence-electron chi connectivity index (χ4n) is 0.363. The zero-order valence-electron chi connectivity index (χ0n) is 5.59. The first-order valence-corrected chi connectivity index (χ1v) is 3.06. The Labute approximate surface area is 51.1 Å². The minimum Gasteiger partial charge on any atom is -0.293 e. The maximum absolute atomic E-state index is 4.00. The molecule has 1 nitrogen and oxygen atoms in total. The van der Waals surface area contributed by atoms with Gasteiger partial charge in [-0.05, 0) is 19.4 Å². The van der Waals surface area contributed by atoms with E-state index in [0.717, 1.165) is 13.0 Å². The molecule has 0 radical (unpaired) electrons. The van der Waals surface area contributed by atoms with Crippen molar-refractivity contribution >= 4 is 6.21 Å². The lowest BCUT2D eigenvalue weighted by atomic mass is 10.4. The second-order valence-corrected chi connectivity index (χ2v) is 1.48. The number of allylic oxidation sites excluding steroid dienone is 2. The molecule has 0 aliphatic heterocycles. The molecule has 0 atom stereocenters. The van der Waals surface area contributed by atoms with Crippen LogP contribution in [-0.4, -0.2) is 12.8 Å². The third-order valence-corrected chi connectivity index (χ3v) is 0.746. The molecule has 0 unspecified atom stereocenters. The van der Waals surface area contributed by atoms with Crippen LogP contribution in [0.3, 0.4) is 0 Å². The zero-order chi connectivity index (χ0) is 6.24. The van der Waals surface area contributed by atoms with E-state index in [-0.39, 0.29) is 0 Å². The molecule has 0 saturated heterocycles. The van der Waals surface area contributed by atoms with Crippen LogP contribution in [0.5, 0.6) is 0 Å². The summed E-state index contributed by atoms with van der Waals surface area (Å²) in [4.78, 5) is 4.00. The highest BCUT2D eigenvalue weighted by Gasteiger charge is 1.61. The molecule has 0 fully saturated rings. The average Bonchev–Trinajstić information content (AvgIpc) is 1.81. The van der Waals surface area contributed by atoms with E-state index in [1.807, 2.05) is 19.2 Å². The van der Waals surface area contributed by atoms with E-state index in [0.29, 0.717) is 0 Å². The second-order valence-electron chi connectivity index (χ2n) is 1.48. The maximum Gasteiger partial charge on any atom is 0.0360 e. The summed E-state index contributed by atoms with van der Waals surface area (Å²) < 4.78 is 0. The van der Waals surface area contributed by atoms with E-state index in [1.54, 1.807) is 0 Å². The van der Waals surface area contributed by atoms with Crippen molar-refractivity contribution in [2.45, 2.75) is 20.3 Å². The maximum atomic E-state index is 4.00. The predicted octanol–water partition coefficient (Wildman–Crippen LogP) is 2.04. The predicted molar refractivity (Wildman–Crippen MR) is 38.5 cm³/mol. The summed E-state index contributed by atoms with van der Waals surface area (Å²) in [5, 5.41) is 0. The summed E-state index contributed by atoms with van der Waals surface area (Å²) in [5.41, 5.74) is 0. The quantitative estimate of drug-likeness (QED) is 0.494. The van der Waals surface area contributed by atoms with Crippen LogP contribution < -0.4 is 0 Å². The summed E-state index contributed by atoms with van der Waals surface area (Å²) in [7, 11) is 0. The van der Waals surface area contributed by atoms with E-state index in [9.17, 15) is 0 Å². The fraction of sp³-hybridized carbons (Fsp3) is 0.571. The molecule has 0 bridgehead atoms. The number of rotatable bonds is 3. The smallest absolute Gasteiger partial charge is 0.0360 e. The Bertz CT molecular complexity index is 70.4. The van der Waals surface area contributed by atoms with Gasteiger partial charge in [0.1, 0.15) is 0 Å². The van der Waals surface area contributed by atoms with Crippen molar-refractivity contribution in [1.29, 1.82) is 0 Å². The average molecular weight is 111 g/mol. The van der Waals surface area contributed by atoms with Crippen LogP contribution >= 0.6 is 0 Å². The van der Waals surface area contributed by atoms with Gasteiger partial charge in [-0.1, -0.05) is 13.0 Å². The molecule has 0 aromatic carbocycles. The second kappa shape index (κ2) is 6.41. The van der Waals surface area contributed by atoms with Crippen molar-refractivity contribution in [3.8, 4) is 0 Å². The minimum atomic E-state index is 0.883. The number of nitrogens with zero attached hydrogens (tertiary/aromatic N) is 1. The summed E-state index contributed by atoms with van der Waals surface area (Å²) in [5.74, 6) is 0. The van der Waals surface area contributed by atoms with Crippen molar-refractivity contribution in [1.82, 2.24) is 0 Å². The van der Waals surface area contributed by atoms with Crippen LogP contribution in [0, 0.1) is 0 Å². The molecule has 1 heteroatoms. The van der Waals surface area contributed by atoms with Crippen molar-refractivity contribution in [2.75, 3.05) is 6.54 Å². The topological polar surface area (TPSA) is 12.4 Å². The van der Waals surface area contributed by atoms with Crippen molar-refractivity contribution in [3.63, 3.8) is 0 Å². The summed E-state index contributed by atoms with van der Waals surface area (Å²) >= 11 is 0. The number of aliphatic imine (C=N–C) groups is 1. The molecular weight excluding hydrogens is 98.1 g/mol. The Morgan fingerprint density at radius 3 is 2.62 bits per heavy atom. The van der Waals surface area contributed by atoms with Crippen molar-refractivity contribution in [3.05, 3.63) is 12.2 Å². The normalized spacial score (nSPS) is 11.8. The van der Waals surface area contributed by atoms with Gasteiger partial charge in [0.05, 0.1) is 0 Å². The standard InChI is InChI=1S/C7H13N/c1-3-5-6-7-8-4-2/h5-7H,3-4H2,1-2H3/b6-5-,8-7?.